The Hall–Kier alpha value is -2.53. The molecule has 0 N–H and O–H groups in total. The van der Waals surface area contributed by atoms with Gasteiger partial charge in [0.15, 0.2) is 0 Å². The molecule has 1 aliphatic carbocycles. The third kappa shape index (κ3) is 7.60. The maximum atomic E-state index is 13.9. The molecule has 2 aromatic rings. The number of benzene rings is 2. The monoisotopic (exact) mass is 566 g/mol. The Morgan fingerprint density at radius 3 is 2.05 bits per heavy atom. The van der Waals surface area contributed by atoms with E-state index in [1.54, 1.807) is 0 Å². The third-order valence-corrected chi connectivity index (χ3v) is 8.62. The summed E-state index contributed by atoms with van der Waals surface area (Å²) in [6.45, 7) is 7.08. The molecular weight excluding hydrogens is 526 g/mol. The summed E-state index contributed by atoms with van der Waals surface area (Å²) in [5.41, 5.74) is -3.46. The highest BCUT2D eigenvalue weighted by molar-refractivity contribution is 5.43. The second-order valence-corrected chi connectivity index (χ2v) is 11.3. The molecule has 8 heteroatoms. The highest BCUT2D eigenvalue weighted by Gasteiger charge is 2.47. The Kier molecular flexibility index (Phi) is 10.7. The first-order valence-electron chi connectivity index (χ1n) is 14.3. The van der Waals surface area contributed by atoms with Crippen LogP contribution >= 0.6 is 0 Å². The average molecular weight is 567 g/mol. The van der Waals surface area contributed by atoms with Crippen molar-refractivity contribution >= 4 is 0 Å². The van der Waals surface area contributed by atoms with E-state index >= 15 is 0 Å². The molecule has 2 atom stereocenters. The molecule has 0 bridgehead atoms. The van der Waals surface area contributed by atoms with Crippen molar-refractivity contribution in [3.63, 3.8) is 0 Å². The Morgan fingerprint density at radius 1 is 0.900 bits per heavy atom. The molecular formula is C32H40F6N2. The van der Waals surface area contributed by atoms with Crippen molar-refractivity contribution in [2.24, 2.45) is 5.92 Å². The van der Waals surface area contributed by atoms with Gasteiger partial charge in [-0.3, -0.25) is 4.90 Å². The van der Waals surface area contributed by atoms with Crippen LogP contribution in [0, 0.1) is 17.2 Å². The van der Waals surface area contributed by atoms with Gasteiger partial charge < -0.3 is 0 Å². The molecule has 0 heterocycles. The number of hydrogen-bond donors (Lipinski definition) is 0. The summed E-state index contributed by atoms with van der Waals surface area (Å²) in [5, 5.41) is 10.6. The van der Waals surface area contributed by atoms with E-state index in [0.717, 1.165) is 44.7 Å². The van der Waals surface area contributed by atoms with Crippen molar-refractivity contribution in [2.45, 2.75) is 108 Å². The van der Waals surface area contributed by atoms with E-state index in [-0.39, 0.29) is 23.6 Å². The lowest BCUT2D eigenvalue weighted by Crippen LogP contribution is -2.43. The van der Waals surface area contributed by atoms with E-state index in [4.69, 9.17) is 0 Å². The van der Waals surface area contributed by atoms with Crippen LogP contribution in [0.1, 0.15) is 94.4 Å². The van der Waals surface area contributed by atoms with Gasteiger partial charge in [-0.15, -0.1) is 0 Å². The standard InChI is InChI=1S/C32H40F6N2/c1-4-27(40(23(2)3)20-18-24-11-7-5-8-12-24)17-19-30(22-39,25-13-9-6-10-14-25)26-15-16-28(31(33,34)35)29(21-26)32(36,37)38/h5,7-8,11-12,15-16,21,23,25,27H,4,6,9-10,13-14,17-20H2,1-3H3. The Labute approximate surface area is 234 Å². The van der Waals surface area contributed by atoms with Crippen molar-refractivity contribution in [1.29, 1.82) is 5.26 Å². The molecule has 2 nitrogen and oxygen atoms in total. The zero-order valence-electron chi connectivity index (χ0n) is 23.6. The fraction of sp³-hybridized carbons (Fsp3) is 0.594. The van der Waals surface area contributed by atoms with E-state index in [9.17, 15) is 31.6 Å². The summed E-state index contributed by atoms with van der Waals surface area (Å²) in [6.07, 6.45) is -3.80. The summed E-state index contributed by atoms with van der Waals surface area (Å²) in [4.78, 5) is 2.38. The number of hydrogen-bond acceptors (Lipinski definition) is 2. The summed E-state index contributed by atoms with van der Waals surface area (Å²) in [5.74, 6) is -0.210. The molecule has 0 aliphatic heterocycles. The molecule has 40 heavy (non-hydrogen) atoms. The zero-order valence-corrected chi connectivity index (χ0v) is 23.6. The maximum Gasteiger partial charge on any atom is 0.417 e. The van der Waals surface area contributed by atoms with Gasteiger partial charge in [0.05, 0.1) is 22.6 Å². The fourth-order valence-corrected chi connectivity index (χ4v) is 6.46. The van der Waals surface area contributed by atoms with E-state index in [1.165, 1.54) is 5.56 Å². The SMILES string of the molecule is CCC(CCC(C#N)(c1ccc(C(F)(F)F)c(C(F)(F)F)c1)C1CCCCC1)N(CCc1ccccc1)C(C)C. The molecule has 3 rings (SSSR count). The Balaban J connectivity index is 1.98. The first-order valence-corrected chi connectivity index (χ1v) is 14.3. The molecule has 2 aromatic carbocycles. The highest BCUT2D eigenvalue weighted by atomic mass is 19.4. The van der Waals surface area contributed by atoms with Gasteiger partial charge in [0, 0.05) is 18.6 Å². The molecule has 2 unspecified atom stereocenters. The van der Waals surface area contributed by atoms with Crippen molar-refractivity contribution in [2.75, 3.05) is 6.54 Å². The van der Waals surface area contributed by atoms with Crippen LogP contribution in [0.3, 0.4) is 0 Å². The van der Waals surface area contributed by atoms with Crippen LogP contribution in [-0.2, 0) is 24.2 Å². The van der Waals surface area contributed by atoms with Crippen LogP contribution in [0.5, 0.6) is 0 Å². The van der Waals surface area contributed by atoms with Gasteiger partial charge in [0.2, 0.25) is 0 Å². The number of nitrogens with zero attached hydrogens (tertiary/aromatic N) is 2. The van der Waals surface area contributed by atoms with E-state index < -0.39 is 28.9 Å². The number of rotatable bonds is 11. The largest absolute Gasteiger partial charge is 0.417 e. The third-order valence-electron chi connectivity index (χ3n) is 8.62. The smallest absolute Gasteiger partial charge is 0.298 e. The zero-order chi connectivity index (χ0) is 29.6. The summed E-state index contributed by atoms with van der Waals surface area (Å²) < 4.78 is 82.3. The van der Waals surface area contributed by atoms with E-state index in [2.05, 4.69) is 43.9 Å². The molecule has 1 aliphatic rings. The quantitative estimate of drug-likeness (QED) is 0.253. The van der Waals surface area contributed by atoms with Crippen LogP contribution in [0.25, 0.3) is 0 Å². The van der Waals surface area contributed by atoms with Crippen LogP contribution < -0.4 is 0 Å². The average Bonchev–Trinajstić information content (AvgIpc) is 2.92. The van der Waals surface area contributed by atoms with Gasteiger partial charge in [0.1, 0.15) is 0 Å². The normalized spacial score (nSPS) is 17.6. The molecule has 220 valence electrons. The molecule has 1 saturated carbocycles. The van der Waals surface area contributed by atoms with Crippen LogP contribution in [-0.4, -0.2) is 23.5 Å². The lowest BCUT2D eigenvalue weighted by atomic mass is 9.63. The first kappa shape index (κ1) is 32.0. The number of alkyl halides is 6. The van der Waals surface area contributed by atoms with E-state index in [0.29, 0.717) is 37.8 Å². The van der Waals surface area contributed by atoms with Gasteiger partial charge >= 0.3 is 12.4 Å². The lowest BCUT2D eigenvalue weighted by Gasteiger charge is -2.41. The Morgan fingerprint density at radius 2 is 1.52 bits per heavy atom. The van der Waals surface area contributed by atoms with Gasteiger partial charge in [-0.25, -0.2) is 0 Å². The van der Waals surface area contributed by atoms with Crippen LogP contribution in [0.2, 0.25) is 0 Å². The topological polar surface area (TPSA) is 27.0 Å². The molecule has 0 amide bonds. The molecule has 1 fully saturated rings. The van der Waals surface area contributed by atoms with Crippen molar-refractivity contribution in [3.05, 3.63) is 70.8 Å². The number of nitriles is 1. The summed E-state index contributed by atoms with van der Waals surface area (Å²) in [6, 6.07) is 15.0. The molecule has 0 saturated heterocycles. The minimum absolute atomic E-state index is 0.0532. The van der Waals surface area contributed by atoms with Gasteiger partial charge in [0.25, 0.3) is 0 Å². The Bertz CT molecular complexity index is 1110. The van der Waals surface area contributed by atoms with Crippen molar-refractivity contribution in [3.8, 4) is 6.07 Å². The predicted octanol–water partition coefficient (Wildman–Crippen LogP) is 9.58. The van der Waals surface area contributed by atoms with Crippen molar-refractivity contribution in [1.82, 2.24) is 4.90 Å². The van der Waals surface area contributed by atoms with E-state index in [1.807, 2.05) is 18.2 Å². The first-order chi connectivity index (χ1) is 18.8. The second-order valence-electron chi connectivity index (χ2n) is 11.3. The molecule has 0 aromatic heterocycles. The minimum Gasteiger partial charge on any atom is -0.298 e. The van der Waals surface area contributed by atoms with Crippen molar-refractivity contribution < 1.29 is 26.3 Å². The second kappa shape index (κ2) is 13.4. The molecule has 0 spiro atoms. The van der Waals surface area contributed by atoms with Gasteiger partial charge in [-0.05, 0) is 81.5 Å². The van der Waals surface area contributed by atoms with Crippen LogP contribution in [0.15, 0.2) is 48.5 Å². The van der Waals surface area contributed by atoms with Gasteiger partial charge in [-0.1, -0.05) is 62.6 Å². The summed E-state index contributed by atoms with van der Waals surface area (Å²) >= 11 is 0. The highest BCUT2D eigenvalue weighted by Crippen LogP contribution is 2.48. The van der Waals surface area contributed by atoms with Crippen LogP contribution in [0.4, 0.5) is 26.3 Å². The lowest BCUT2D eigenvalue weighted by molar-refractivity contribution is -0.162. The molecule has 0 radical (unpaired) electrons. The fourth-order valence-electron chi connectivity index (χ4n) is 6.46. The van der Waals surface area contributed by atoms with Gasteiger partial charge in [-0.2, -0.15) is 31.6 Å². The number of halogens is 6. The maximum absolute atomic E-state index is 13.9. The summed E-state index contributed by atoms with van der Waals surface area (Å²) in [7, 11) is 0. The predicted molar refractivity (Wildman–Crippen MR) is 146 cm³/mol. The minimum atomic E-state index is -5.19.